The number of hydrogen-bond acceptors (Lipinski definition) is 3. The first kappa shape index (κ1) is 16.2. The van der Waals surface area contributed by atoms with E-state index in [0.717, 1.165) is 0 Å². The molecule has 1 amide bonds. The minimum atomic E-state index is -3.78. The Labute approximate surface area is 122 Å². The third-order valence-electron chi connectivity index (χ3n) is 2.07. The van der Waals surface area contributed by atoms with E-state index in [0.29, 0.717) is 0 Å². The van der Waals surface area contributed by atoms with Crippen LogP contribution in [0.2, 0.25) is 10.0 Å². The van der Waals surface area contributed by atoms with E-state index in [2.05, 4.69) is 10.0 Å². The molecule has 0 aromatic heterocycles. The maximum absolute atomic E-state index is 11.9. The summed E-state index contributed by atoms with van der Waals surface area (Å²) in [4.78, 5) is 11.3. The topological polar surface area (TPSA) is 75.3 Å². The van der Waals surface area contributed by atoms with E-state index in [1.54, 1.807) is 13.8 Å². The van der Waals surface area contributed by atoms with Crippen LogP contribution < -0.4 is 10.0 Å². The Balaban J connectivity index is 2.76. The van der Waals surface area contributed by atoms with Gasteiger partial charge in [0.1, 0.15) is 0 Å². The Morgan fingerprint density at radius 3 is 2.42 bits per heavy atom. The third kappa shape index (κ3) is 4.99. The average molecular weight is 325 g/mol. The number of amides is 1. The molecule has 0 fully saturated rings. The second-order valence-electron chi connectivity index (χ2n) is 4.12. The molecule has 0 saturated heterocycles. The number of halogens is 2. The van der Waals surface area contributed by atoms with Crippen molar-refractivity contribution in [1.82, 2.24) is 10.0 Å². The molecule has 19 heavy (non-hydrogen) atoms. The van der Waals surface area contributed by atoms with Crippen molar-refractivity contribution in [3.8, 4) is 0 Å². The van der Waals surface area contributed by atoms with Crippen LogP contribution in [-0.4, -0.2) is 26.9 Å². The molecule has 0 heterocycles. The Bertz CT molecular complexity index is 573. The summed E-state index contributed by atoms with van der Waals surface area (Å²) in [6.45, 7) is 3.23. The van der Waals surface area contributed by atoms with Crippen molar-refractivity contribution in [1.29, 1.82) is 0 Å². The summed E-state index contributed by atoms with van der Waals surface area (Å²) >= 11 is 11.5. The quantitative estimate of drug-likeness (QED) is 0.867. The number of benzene rings is 1. The summed E-state index contributed by atoms with van der Waals surface area (Å²) in [5.41, 5.74) is 0. The summed E-state index contributed by atoms with van der Waals surface area (Å²) in [6.07, 6.45) is 0. The van der Waals surface area contributed by atoms with Crippen LogP contribution in [-0.2, 0) is 14.8 Å². The highest BCUT2D eigenvalue weighted by Crippen LogP contribution is 2.24. The zero-order valence-electron chi connectivity index (χ0n) is 10.4. The largest absolute Gasteiger partial charge is 0.353 e. The standard InChI is InChI=1S/C11H14Cl2N2O3S/c1-7(2)15-11(16)6-14-19(17,18)8-3-4-9(12)10(13)5-8/h3-5,7,14H,6H2,1-2H3,(H,15,16). The van der Waals surface area contributed by atoms with Gasteiger partial charge in [0.25, 0.3) is 0 Å². The van der Waals surface area contributed by atoms with E-state index in [4.69, 9.17) is 23.2 Å². The molecule has 0 aliphatic carbocycles. The number of rotatable bonds is 5. The molecule has 1 rings (SSSR count). The predicted molar refractivity (Wildman–Crippen MR) is 74.9 cm³/mol. The lowest BCUT2D eigenvalue weighted by Crippen LogP contribution is -2.39. The lowest BCUT2D eigenvalue weighted by Gasteiger charge is -2.10. The maximum atomic E-state index is 11.9. The highest BCUT2D eigenvalue weighted by Gasteiger charge is 2.16. The highest BCUT2D eigenvalue weighted by molar-refractivity contribution is 7.89. The van der Waals surface area contributed by atoms with Gasteiger partial charge < -0.3 is 5.32 Å². The first-order valence-corrected chi connectivity index (χ1v) is 7.70. The molecule has 0 saturated carbocycles. The van der Waals surface area contributed by atoms with E-state index >= 15 is 0 Å². The molecule has 0 aliphatic rings. The third-order valence-corrected chi connectivity index (χ3v) is 4.21. The SMILES string of the molecule is CC(C)NC(=O)CNS(=O)(=O)c1ccc(Cl)c(Cl)c1. The zero-order valence-corrected chi connectivity index (χ0v) is 12.7. The molecule has 1 aromatic rings. The van der Waals surface area contributed by atoms with Crippen molar-refractivity contribution in [3.05, 3.63) is 28.2 Å². The van der Waals surface area contributed by atoms with Gasteiger partial charge in [-0.3, -0.25) is 4.79 Å². The van der Waals surface area contributed by atoms with Crippen molar-refractivity contribution in [2.45, 2.75) is 24.8 Å². The molecule has 0 radical (unpaired) electrons. The molecular formula is C11H14Cl2N2O3S. The van der Waals surface area contributed by atoms with Gasteiger partial charge in [0.15, 0.2) is 0 Å². The van der Waals surface area contributed by atoms with Crippen LogP contribution >= 0.6 is 23.2 Å². The van der Waals surface area contributed by atoms with Crippen molar-refractivity contribution in [3.63, 3.8) is 0 Å². The fraction of sp³-hybridized carbons (Fsp3) is 0.364. The number of sulfonamides is 1. The molecule has 0 aliphatic heterocycles. The molecule has 106 valence electrons. The molecule has 0 spiro atoms. The molecule has 1 aromatic carbocycles. The highest BCUT2D eigenvalue weighted by atomic mass is 35.5. The monoisotopic (exact) mass is 324 g/mol. The first-order valence-electron chi connectivity index (χ1n) is 5.46. The predicted octanol–water partition coefficient (Wildman–Crippen LogP) is 1.80. The van der Waals surface area contributed by atoms with E-state index in [9.17, 15) is 13.2 Å². The average Bonchev–Trinajstić information content (AvgIpc) is 2.29. The first-order chi connectivity index (χ1) is 8.72. The molecular weight excluding hydrogens is 311 g/mol. The second kappa shape index (κ2) is 6.56. The van der Waals surface area contributed by atoms with Crippen LogP contribution in [0.5, 0.6) is 0 Å². The summed E-state index contributed by atoms with van der Waals surface area (Å²) in [6, 6.07) is 3.87. The maximum Gasteiger partial charge on any atom is 0.241 e. The van der Waals surface area contributed by atoms with Crippen LogP contribution in [0.15, 0.2) is 23.1 Å². The minimum absolute atomic E-state index is 0.0424. The Morgan fingerprint density at radius 2 is 1.89 bits per heavy atom. The number of hydrogen-bond donors (Lipinski definition) is 2. The Kier molecular flexibility index (Phi) is 5.61. The van der Waals surface area contributed by atoms with Crippen molar-refractivity contribution >= 4 is 39.1 Å². The molecule has 0 bridgehead atoms. The van der Waals surface area contributed by atoms with Crippen LogP contribution in [0.3, 0.4) is 0 Å². The fourth-order valence-corrected chi connectivity index (χ4v) is 2.63. The smallest absolute Gasteiger partial charge is 0.241 e. The lowest BCUT2D eigenvalue weighted by atomic mass is 10.4. The second-order valence-corrected chi connectivity index (χ2v) is 6.70. The number of carbonyl (C=O) groups excluding carboxylic acids is 1. The van der Waals surface area contributed by atoms with Crippen LogP contribution in [0.4, 0.5) is 0 Å². The summed E-state index contributed by atoms with van der Waals surface area (Å²) < 4.78 is 26.0. The summed E-state index contributed by atoms with van der Waals surface area (Å²) in [5, 5.41) is 2.97. The van der Waals surface area contributed by atoms with Gasteiger partial charge in [-0.25, -0.2) is 13.1 Å². The Morgan fingerprint density at radius 1 is 1.26 bits per heavy atom. The van der Waals surface area contributed by atoms with E-state index in [-0.39, 0.29) is 27.5 Å². The van der Waals surface area contributed by atoms with Gasteiger partial charge in [-0.2, -0.15) is 0 Å². The van der Waals surface area contributed by atoms with Crippen molar-refractivity contribution in [2.24, 2.45) is 0 Å². The minimum Gasteiger partial charge on any atom is -0.353 e. The van der Waals surface area contributed by atoms with Gasteiger partial charge in [0, 0.05) is 6.04 Å². The lowest BCUT2D eigenvalue weighted by molar-refractivity contribution is -0.120. The van der Waals surface area contributed by atoms with Gasteiger partial charge in [-0.15, -0.1) is 0 Å². The van der Waals surface area contributed by atoms with Gasteiger partial charge in [0.2, 0.25) is 15.9 Å². The van der Waals surface area contributed by atoms with Gasteiger partial charge in [-0.05, 0) is 32.0 Å². The molecule has 0 unspecified atom stereocenters. The van der Waals surface area contributed by atoms with E-state index in [1.165, 1.54) is 18.2 Å². The summed E-state index contributed by atoms with van der Waals surface area (Å²) in [5.74, 6) is -0.404. The van der Waals surface area contributed by atoms with Gasteiger partial charge >= 0.3 is 0 Å². The number of nitrogens with one attached hydrogen (secondary N) is 2. The van der Waals surface area contributed by atoms with Gasteiger partial charge in [-0.1, -0.05) is 23.2 Å². The van der Waals surface area contributed by atoms with Crippen molar-refractivity contribution < 1.29 is 13.2 Å². The van der Waals surface area contributed by atoms with Crippen LogP contribution in [0.25, 0.3) is 0 Å². The fourth-order valence-electron chi connectivity index (χ4n) is 1.26. The van der Waals surface area contributed by atoms with Crippen LogP contribution in [0.1, 0.15) is 13.8 Å². The Hall–Kier alpha value is -0.820. The molecule has 8 heteroatoms. The number of carbonyl (C=O) groups is 1. The molecule has 2 N–H and O–H groups in total. The summed E-state index contributed by atoms with van der Waals surface area (Å²) in [7, 11) is -3.78. The van der Waals surface area contributed by atoms with Crippen LogP contribution in [0, 0.1) is 0 Å². The van der Waals surface area contributed by atoms with E-state index in [1.807, 2.05) is 0 Å². The normalized spacial score (nSPS) is 11.6. The van der Waals surface area contributed by atoms with Crippen molar-refractivity contribution in [2.75, 3.05) is 6.54 Å². The molecule has 0 atom stereocenters. The zero-order chi connectivity index (χ0) is 14.6. The van der Waals surface area contributed by atoms with Gasteiger partial charge in [0.05, 0.1) is 21.5 Å². The molecule has 5 nitrogen and oxygen atoms in total. The van der Waals surface area contributed by atoms with E-state index < -0.39 is 15.9 Å².